The van der Waals surface area contributed by atoms with Crippen LogP contribution in [0, 0.1) is 0 Å². The summed E-state index contributed by atoms with van der Waals surface area (Å²) in [6.07, 6.45) is 5.74. The second-order valence-corrected chi connectivity index (χ2v) is 8.95. The van der Waals surface area contributed by atoms with E-state index in [2.05, 4.69) is 5.10 Å². The molecule has 1 aliphatic rings. The van der Waals surface area contributed by atoms with Crippen molar-refractivity contribution in [3.8, 4) is 11.5 Å². The molecule has 1 N–H and O–H groups in total. The van der Waals surface area contributed by atoms with E-state index in [1.54, 1.807) is 25.1 Å². The third kappa shape index (κ3) is 5.48. The standard InChI is InChI=1S/C26H28ClN3O5/c1-3-34-22-14-17(13-20(27)23(22)35-16(2)26(32)33)15-28-30-24(18-9-5-4-6-10-18)29-21-12-8-7-11-19(21)25(30)31/h7-8,11-16,18H,3-6,9-10H2,1-2H3,(H,32,33)/t16-/m0/s1. The molecule has 9 heteroatoms. The van der Waals surface area contributed by atoms with Crippen molar-refractivity contribution < 1.29 is 19.4 Å². The van der Waals surface area contributed by atoms with Crippen LogP contribution in [-0.2, 0) is 4.79 Å². The van der Waals surface area contributed by atoms with Crippen LogP contribution in [-0.4, -0.2) is 39.7 Å². The number of aliphatic carboxylic acids is 1. The Labute approximate surface area is 208 Å². The van der Waals surface area contributed by atoms with Crippen LogP contribution in [0.25, 0.3) is 10.9 Å². The van der Waals surface area contributed by atoms with Crippen LogP contribution in [0.4, 0.5) is 0 Å². The molecule has 1 saturated carbocycles. The maximum Gasteiger partial charge on any atom is 0.344 e. The van der Waals surface area contributed by atoms with Gasteiger partial charge in [0.05, 0.1) is 28.7 Å². The third-order valence-corrected chi connectivity index (χ3v) is 6.33. The van der Waals surface area contributed by atoms with Crippen LogP contribution < -0.4 is 15.0 Å². The van der Waals surface area contributed by atoms with Gasteiger partial charge in [-0.15, -0.1) is 0 Å². The van der Waals surface area contributed by atoms with Gasteiger partial charge >= 0.3 is 5.97 Å². The lowest BCUT2D eigenvalue weighted by Gasteiger charge is -2.22. The molecule has 1 aromatic heterocycles. The molecular weight excluding hydrogens is 470 g/mol. The summed E-state index contributed by atoms with van der Waals surface area (Å²) in [6, 6.07) is 10.5. The van der Waals surface area contributed by atoms with Crippen molar-refractivity contribution in [2.24, 2.45) is 5.10 Å². The summed E-state index contributed by atoms with van der Waals surface area (Å²) >= 11 is 6.42. The molecule has 4 rings (SSSR count). The average Bonchev–Trinajstić information content (AvgIpc) is 2.86. The van der Waals surface area contributed by atoms with Crippen LogP contribution in [0.1, 0.15) is 63.3 Å². The minimum absolute atomic E-state index is 0.146. The van der Waals surface area contributed by atoms with Gasteiger partial charge in [-0.05, 0) is 56.5 Å². The lowest BCUT2D eigenvalue weighted by atomic mass is 9.88. The van der Waals surface area contributed by atoms with E-state index < -0.39 is 12.1 Å². The largest absolute Gasteiger partial charge is 0.490 e. The van der Waals surface area contributed by atoms with Crippen LogP contribution >= 0.6 is 11.6 Å². The van der Waals surface area contributed by atoms with Crippen molar-refractivity contribution in [3.05, 3.63) is 63.2 Å². The van der Waals surface area contributed by atoms with Gasteiger partial charge in [0.15, 0.2) is 17.6 Å². The van der Waals surface area contributed by atoms with Gasteiger partial charge < -0.3 is 14.6 Å². The van der Waals surface area contributed by atoms with Gasteiger partial charge in [0.1, 0.15) is 5.82 Å². The Morgan fingerprint density at radius 2 is 2.03 bits per heavy atom. The Morgan fingerprint density at radius 1 is 1.29 bits per heavy atom. The normalized spacial score (nSPS) is 15.4. The van der Waals surface area contributed by atoms with E-state index in [0.717, 1.165) is 25.7 Å². The van der Waals surface area contributed by atoms with Gasteiger partial charge in [-0.25, -0.2) is 9.78 Å². The molecule has 2 aromatic carbocycles. The number of nitrogens with zero attached hydrogens (tertiary/aromatic N) is 3. The topological polar surface area (TPSA) is 103 Å². The van der Waals surface area contributed by atoms with Crippen molar-refractivity contribution in [2.45, 2.75) is 58.0 Å². The zero-order valence-electron chi connectivity index (χ0n) is 19.7. The maximum absolute atomic E-state index is 13.4. The van der Waals surface area contributed by atoms with E-state index in [9.17, 15) is 14.7 Å². The average molecular weight is 498 g/mol. The molecule has 184 valence electrons. The van der Waals surface area contributed by atoms with E-state index in [0.29, 0.717) is 34.6 Å². The maximum atomic E-state index is 13.4. The number of para-hydroxylation sites is 1. The van der Waals surface area contributed by atoms with Gasteiger partial charge in [-0.3, -0.25) is 4.79 Å². The highest BCUT2D eigenvalue weighted by Crippen LogP contribution is 2.37. The van der Waals surface area contributed by atoms with Crippen molar-refractivity contribution in [2.75, 3.05) is 6.61 Å². The molecule has 0 bridgehead atoms. The number of fused-ring (bicyclic) bond motifs is 1. The predicted octanol–water partition coefficient (Wildman–Crippen LogP) is 5.23. The number of benzene rings is 2. The molecule has 0 saturated heterocycles. The van der Waals surface area contributed by atoms with Crippen LogP contribution in [0.2, 0.25) is 5.02 Å². The second kappa shape index (κ2) is 10.9. The summed E-state index contributed by atoms with van der Waals surface area (Å²) < 4.78 is 12.5. The van der Waals surface area contributed by atoms with E-state index in [-0.39, 0.29) is 22.2 Å². The third-order valence-electron chi connectivity index (χ3n) is 6.05. The van der Waals surface area contributed by atoms with Crippen molar-refractivity contribution in [1.82, 2.24) is 9.66 Å². The van der Waals surface area contributed by atoms with Gasteiger partial charge in [0, 0.05) is 5.92 Å². The van der Waals surface area contributed by atoms with Gasteiger partial charge in [-0.1, -0.05) is 43.0 Å². The molecule has 1 fully saturated rings. The van der Waals surface area contributed by atoms with Gasteiger partial charge in [0.25, 0.3) is 5.56 Å². The highest BCUT2D eigenvalue weighted by molar-refractivity contribution is 6.32. The number of ether oxygens (including phenoxy) is 2. The Balaban J connectivity index is 1.76. The molecule has 0 unspecified atom stereocenters. The Hall–Kier alpha value is -3.39. The zero-order chi connectivity index (χ0) is 24.9. The summed E-state index contributed by atoms with van der Waals surface area (Å²) in [5.41, 5.74) is 1.02. The second-order valence-electron chi connectivity index (χ2n) is 8.54. The number of carbonyl (C=O) groups is 1. The zero-order valence-corrected chi connectivity index (χ0v) is 20.5. The molecule has 1 atom stereocenters. The number of hydrogen-bond acceptors (Lipinski definition) is 6. The minimum atomic E-state index is -1.12. The Morgan fingerprint density at radius 3 is 2.74 bits per heavy atom. The number of carboxylic acid groups (broad SMARTS) is 1. The number of rotatable bonds is 8. The summed E-state index contributed by atoms with van der Waals surface area (Å²) in [5, 5.41) is 14.4. The Kier molecular flexibility index (Phi) is 7.70. The van der Waals surface area contributed by atoms with E-state index in [1.807, 2.05) is 18.2 Å². The van der Waals surface area contributed by atoms with E-state index >= 15 is 0 Å². The first kappa shape index (κ1) is 24.7. The SMILES string of the molecule is CCOc1cc(C=Nn2c(C3CCCCC3)nc3ccccc3c2=O)cc(Cl)c1O[C@@H](C)C(=O)O. The van der Waals surface area contributed by atoms with E-state index in [4.69, 9.17) is 26.1 Å². The van der Waals surface area contributed by atoms with Crippen molar-refractivity contribution in [1.29, 1.82) is 0 Å². The van der Waals surface area contributed by atoms with Gasteiger partial charge in [0.2, 0.25) is 0 Å². The van der Waals surface area contributed by atoms with Crippen LogP contribution in [0.3, 0.4) is 0 Å². The molecule has 3 aromatic rings. The highest BCUT2D eigenvalue weighted by atomic mass is 35.5. The first-order chi connectivity index (χ1) is 16.9. The quantitative estimate of drug-likeness (QED) is 0.427. The summed E-state index contributed by atoms with van der Waals surface area (Å²) in [7, 11) is 0. The fourth-order valence-corrected chi connectivity index (χ4v) is 4.53. The smallest absolute Gasteiger partial charge is 0.344 e. The van der Waals surface area contributed by atoms with Crippen molar-refractivity contribution in [3.63, 3.8) is 0 Å². The van der Waals surface area contributed by atoms with Crippen LogP contribution in [0.15, 0.2) is 46.3 Å². The number of halogens is 1. The molecule has 0 spiro atoms. The first-order valence-electron chi connectivity index (χ1n) is 11.8. The lowest BCUT2D eigenvalue weighted by molar-refractivity contribution is -0.144. The number of aromatic nitrogens is 2. The summed E-state index contributed by atoms with van der Waals surface area (Å²) in [6.45, 7) is 3.54. The van der Waals surface area contributed by atoms with Crippen molar-refractivity contribution >= 4 is 34.7 Å². The molecule has 0 aliphatic heterocycles. The molecule has 0 amide bonds. The summed E-state index contributed by atoms with van der Waals surface area (Å²) in [4.78, 5) is 29.4. The molecule has 35 heavy (non-hydrogen) atoms. The van der Waals surface area contributed by atoms with E-state index in [1.165, 1.54) is 24.2 Å². The molecule has 1 heterocycles. The number of carboxylic acids is 1. The monoisotopic (exact) mass is 497 g/mol. The molecule has 8 nitrogen and oxygen atoms in total. The summed E-state index contributed by atoms with van der Waals surface area (Å²) in [5.74, 6) is 0.150. The molecule has 1 aliphatic carbocycles. The highest BCUT2D eigenvalue weighted by Gasteiger charge is 2.23. The fourth-order valence-electron chi connectivity index (χ4n) is 4.27. The minimum Gasteiger partial charge on any atom is -0.490 e. The number of hydrogen-bond donors (Lipinski definition) is 1. The Bertz CT molecular complexity index is 1310. The molecule has 0 radical (unpaired) electrons. The first-order valence-corrected chi connectivity index (χ1v) is 12.2. The fraction of sp³-hybridized carbons (Fsp3) is 0.385. The van der Waals surface area contributed by atoms with Crippen LogP contribution in [0.5, 0.6) is 11.5 Å². The lowest BCUT2D eigenvalue weighted by Crippen LogP contribution is -2.25. The predicted molar refractivity (Wildman–Crippen MR) is 135 cm³/mol. The van der Waals surface area contributed by atoms with Gasteiger partial charge in [-0.2, -0.15) is 9.78 Å². The molecular formula is C26H28ClN3O5.